The zero-order valence-electron chi connectivity index (χ0n) is 15.2. The number of likely N-dealkylation sites (tertiary alicyclic amines) is 1. The van der Waals surface area contributed by atoms with E-state index in [4.69, 9.17) is 0 Å². The Morgan fingerprint density at radius 2 is 2.08 bits per heavy atom. The van der Waals surface area contributed by atoms with Crippen molar-refractivity contribution in [2.24, 2.45) is 11.8 Å². The Morgan fingerprint density at radius 3 is 2.88 bits per heavy atom. The molecule has 3 atom stereocenters. The minimum absolute atomic E-state index is 0.148. The topological polar surface area (TPSA) is 45.2 Å². The highest BCUT2D eigenvalue weighted by Gasteiger charge is 2.44. The third-order valence-electron chi connectivity index (χ3n) is 5.73. The number of rotatable bonds is 7. The smallest absolute Gasteiger partial charge is 0.223 e. The highest BCUT2D eigenvalue weighted by Crippen LogP contribution is 2.47. The van der Waals surface area contributed by atoms with Gasteiger partial charge in [-0.1, -0.05) is 36.4 Å². The number of aromatic nitrogens is 1. The number of nitrogens with one attached hydrogen (secondary N) is 1. The standard InChI is InChI=1S/C22H27N3O/c26-22(21-13-20(21)19-7-4-10-23-15-19)24-14-18-9-12-25(16-18)11-8-17-5-2-1-3-6-17/h1-7,10,15,18,20-21H,8-9,11-14,16H2,(H,24,26). The molecule has 26 heavy (non-hydrogen) atoms. The average molecular weight is 349 g/mol. The third kappa shape index (κ3) is 4.31. The lowest BCUT2D eigenvalue weighted by molar-refractivity contribution is -0.122. The average Bonchev–Trinajstić information content (AvgIpc) is 3.38. The summed E-state index contributed by atoms with van der Waals surface area (Å²) in [4.78, 5) is 19.1. The lowest BCUT2D eigenvalue weighted by atomic mass is 10.1. The van der Waals surface area contributed by atoms with Crippen molar-refractivity contribution in [1.82, 2.24) is 15.2 Å². The molecule has 1 amide bonds. The molecule has 0 radical (unpaired) electrons. The van der Waals surface area contributed by atoms with E-state index in [1.54, 1.807) is 6.20 Å². The van der Waals surface area contributed by atoms with Crippen LogP contribution in [0.25, 0.3) is 0 Å². The molecule has 0 bridgehead atoms. The van der Waals surface area contributed by atoms with Crippen LogP contribution >= 0.6 is 0 Å². The zero-order valence-corrected chi connectivity index (χ0v) is 15.2. The molecule has 1 N–H and O–H groups in total. The molecule has 2 aliphatic rings. The molecule has 1 aliphatic carbocycles. The van der Waals surface area contributed by atoms with Gasteiger partial charge in [0.15, 0.2) is 0 Å². The van der Waals surface area contributed by atoms with Gasteiger partial charge in [-0.15, -0.1) is 0 Å². The minimum atomic E-state index is 0.148. The number of hydrogen-bond donors (Lipinski definition) is 1. The Hall–Kier alpha value is -2.20. The summed E-state index contributed by atoms with van der Waals surface area (Å²) in [6.07, 6.45) is 6.93. The maximum atomic E-state index is 12.4. The molecule has 1 aliphatic heterocycles. The number of carbonyl (C=O) groups is 1. The van der Waals surface area contributed by atoms with Gasteiger partial charge in [-0.3, -0.25) is 9.78 Å². The van der Waals surface area contributed by atoms with Gasteiger partial charge in [-0.2, -0.15) is 0 Å². The van der Waals surface area contributed by atoms with E-state index in [0.29, 0.717) is 11.8 Å². The van der Waals surface area contributed by atoms with Crippen LogP contribution in [0.2, 0.25) is 0 Å². The highest BCUT2D eigenvalue weighted by molar-refractivity contribution is 5.82. The first-order chi connectivity index (χ1) is 12.8. The molecule has 0 spiro atoms. The first kappa shape index (κ1) is 17.2. The van der Waals surface area contributed by atoms with E-state index in [2.05, 4.69) is 51.6 Å². The molecule has 1 aromatic heterocycles. The highest BCUT2D eigenvalue weighted by atomic mass is 16.2. The third-order valence-corrected chi connectivity index (χ3v) is 5.73. The summed E-state index contributed by atoms with van der Waals surface area (Å²) < 4.78 is 0. The van der Waals surface area contributed by atoms with Crippen LogP contribution < -0.4 is 5.32 Å². The largest absolute Gasteiger partial charge is 0.356 e. The van der Waals surface area contributed by atoms with Crippen LogP contribution in [0.5, 0.6) is 0 Å². The molecular weight excluding hydrogens is 322 g/mol. The van der Waals surface area contributed by atoms with Gasteiger partial charge in [0.05, 0.1) is 0 Å². The molecule has 4 rings (SSSR count). The molecule has 136 valence electrons. The van der Waals surface area contributed by atoms with Gasteiger partial charge in [0.25, 0.3) is 0 Å². The minimum Gasteiger partial charge on any atom is -0.356 e. The van der Waals surface area contributed by atoms with E-state index in [0.717, 1.165) is 39.0 Å². The van der Waals surface area contributed by atoms with E-state index in [1.807, 2.05) is 12.3 Å². The van der Waals surface area contributed by atoms with Crippen LogP contribution in [-0.4, -0.2) is 42.0 Å². The molecule has 2 fully saturated rings. The van der Waals surface area contributed by atoms with Gasteiger partial charge < -0.3 is 10.2 Å². The van der Waals surface area contributed by atoms with Crippen molar-refractivity contribution in [3.05, 3.63) is 66.0 Å². The zero-order chi connectivity index (χ0) is 17.8. The fourth-order valence-corrected chi connectivity index (χ4v) is 4.04. The SMILES string of the molecule is O=C(NCC1CCN(CCc2ccccc2)C1)C1CC1c1cccnc1. The fraction of sp³-hybridized carbons (Fsp3) is 0.455. The van der Waals surface area contributed by atoms with Crippen molar-refractivity contribution in [3.8, 4) is 0 Å². The molecule has 2 aromatic rings. The van der Waals surface area contributed by atoms with Crippen LogP contribution in [0.3, 0.4) is 0 Å². The van der Waals surface area contributed by atoms with E-state index < -0.39 is 0 Å². The van der Waals surface area contributed by atoms with Gasteiger partial charge in [0.2, 0.25) is 5.91 Å². The van der Waals surface area contributed by atoms with E-state index in [-0.39, 0.29) is 11.8 Å². The van der Waals surface area contributed by atoms with Crippen LogP contribution in [0.4, 0.5) is 0 Å². The Balaban J connectivity index is 1.16. The lowest BCUT2D eigenvalue weighted by Crippen LogP contribution is -2.32. The van der Waals surface area contributed by atoms with E-state index in [1.165, 1.54) is 17.5 Å². The molecule has 1 aromatic carbocycles. The fourth-order valence-electron chi connectivity index (χ4n) is 4.04. The van der Waals surface area contributed by atoms with Gasteiger partial charge in [-0.25, -0.2) is 0 Å². The second kappa shape index (κ2) is 8.00. The number of benzene rings is 1. The molecule has 4 nitrogen and oxygen atoms in total. The van der Waals surface area contributed by atoms with Crippen LogP contribution in [-0.2, 0) is 11.2 Å². The molecule has 1 saturated carbocycles. The second-order valence-electron chi connectivity index (χ2n) is 7.67. The van der Waals surface area contributed by atoms with Gasteiger partial charge in [-0.05, 0) is 54.8 Å². The first-order valence-corrected chi connectivity index (χ1v) is 9.73. The summed E-state index contributed by atoms with van der Waals surface area (Å²) in [6, 6.07) is 14.7. The van der Waals surface area contributed by atoms with Crippen molar-refractivity contribution < 1.29 is 4.79 Å². The van der Waals surface area contributed by atoms with E-state index >= 15 is 0 Å². The number of carbonyl (C=O) groups excluding carboxylic acids is 1. The molecule has 2 heterocycles. The van der Waals surface area contributed by atoms with Crippen LogP contribution in [0, 0.1) is 11.8 Å². The Morgan fingerprint density at radius 1 is 1.19 bits per heavy atom. The van der Waals surface area contributed by atoms with Crippen molar-refractivity contribution in [2.45, 2.75) is 25.2 Å². The monoisotopic (exact) mass is 349 g/mol. The summed E-state index contributed by atoms with van der Waals surface area (Å²) in [7, 11) is 0. The first-order valence-electron chi connectivity index (χ1n) is 9.73. The molecule has 3 unspecified atom stereocenters. The number of hydrogen-bond acceptors (Lipinski definition) is 3. The molecular formula is C22H27N3O. The Kier molecular flexibility index (Phi) is 5.30. The number of amides is 1. The summed E-state index contributed by atoms with van der Waals surface area (Å²) in [5.74, 6) is 1.33. The van der Waals surface area contributed by atoms with Crippen molar-refractivity contribution in [2.75, 3.05) is 26.2 Å². The van der Waals surface area contributed by atoms with Crippen molar-refractivity contribution in [1.29, 1.82) is 0 Å². The molecule has 4 heteroatoms. The maximum absolute atomic E-state index is 12.4. The summed E-state index contributed by atoms with van der Waals surface area (Å²) in [5, 5.41) is 3.19. The maximum Gasteiger partial charge on any atom is 0.223 e. The quantitative estimate of drug-likeness (QED) is 0.836. The van der Waals surface area contributed by atoms with Crippen molar-refractivity contribution in [3.63, 3.8) is 0 Å². The lowest BCUT2D eigenvalue weighted by Gasteiger charge is -2.16. The van der Waals surface area contributed by atoms with Gasteiger partial charge in [0, 0.05) is 37.9 Å². The van der Waals surface area contributed by atoms with Crippen LogP contribution in [0.1, 0.15) is 29.9 Å². The predicted octanol–water partition coefficient (Wildman–Crippen LogP) is 2.87. The number of nitrogens with zero attached hydrogens (tertiary/aromatic N) is 2. The summed E-state index contributed by atoms with van der Waals surface area (Å²) >= 11 is 0. The number of pyridine rings is 1. The summed E-state index contributed by atoms with van der Waals surface area (Å²) in [6.45, 7) is 4.18. The Bertz CT molecular complexity index is 719. The molecule has 1 saturated heterocycles. The van der Waals surface area contributed by atoms with Gasteiger partial charge in [0.1, 0.15) is 0 Å². The van der Waals surface area contributed by atoms with Crippen molar-refractivity contribution >= 4 is 5.91 Å². The second-order valence-corrected chi connectivity index (χ2v) is 7.67. The predicted molar refractivity (Wildman–Crippen MR) is 103 cm³/mol. The van der Waals surface area contributed by atoms with Gasteiger partial charge >= 0.3 is 0 Å². The normalized spacial score (nSPS) is 25.2. The van der Waals surface area contributed by atoms with Crippen LogP contribution in [0.15, 0.2) is 54.9 Å². The summed E-state index contributed by atoms with van der Waals surface area (Å²) in [5.41, 5.74) is 2.60. The Labute approximate surface area is 155 Å². The van der Waals surface area contributed by atoms with E-state index in [9.17, 15) is 4.79 Å².